The standard InChI is InChI=1S/C108H152O40/c1-109-53-67-75-83(115-7)91(123-15)99(133-67)143-77-69(55-111-3)137-103(95(127-19)85(77)117-9)147-81-73(59-131-107(61-41-29-23-30-42-61,62-43-31-24-32-44-62)63-45-33-25-34-46-63)140-106(98(130-22)89(81)121-13)146-80-72(58-114-6)136-102(94(126-18)88(80)120-12)142-76-68(54-110-2)134-100(92(124-16)84(76)116-8)144-78-70(56-112-4)138-104(96(128-20)86(78)118-10)148-82-74(60-132-108(64-47-35-26-36-48-64,65-49-37-27-38-50-65)66-51-39-28-40-52-66)139-105(97(129-21)90(82)122-14)145-79-71(57-113-5)135-101(141-75)93(125-17)87(79)119-11/h23-52,67-106H,53-60H2,1-22H3/t67-,68-,69-,70-,71-,72-,73-,74-,75-,76-,77-,78-,79-,80-,81-,82-,83+,84+,85+,86+,87+,88+,89+,90+,91-,92+,93-,94-,95+,96-,97-,98+,99-,100-,101-,102-,103-,104-,105-,106-/m1/s1. The van der Waals surface area contributed by atoms with Crippen LogP contribution in [0, 0.1) is 0 Å². The molecule has 16 bridgehead atoms. The lowest BCUT2D eigenvalue weighted by Gasteiger charge is -2.53. The van der Waals surface area contributed by atoms with E-state index in [4.69, 9.17) is 189 Å². The van der Waals surface area contributed by atoms with Crippen LogP contribution in [0.3, 0.4) is 0 Å². The first-order valence-electron chi connectivity index (χ1n) is 49.9. The Bertz CT molecular complexity index is 4240. The summed E-state index contributed by atoms with van der Waals surface area (Å²) >= 11 is 0. The number of hydrogen-bond acceptors (Lipinski definition) is 40. The van der Waals surface area contributed by atoms with Gasteiger partial charge in [-0.05, 0) is 33.4 Å². The van der Waals surface area contributed by atoms with Crippen molar-refractivity contribution >= 4 is 0 Å². The van der Waals surface area contributed by atoms with Gasteiger partial charge in [-0.15, -0.1) is 0 Å². The fraction of sp³-hybridized carbons (Fsp3) is 0.667. The van der Waals surface area contributed by atoms with Gasteiger partial charge in [-0.1, -0.05) is 182 Å². The third-order valence-corrected chi connectivity index (χ3v) is 29.4. The zero-order valence-corrected chi connectivity index (χ0v) is 88.4. The lowest BCUT2D eigenvalue weighted by atomic mass is 9.80. The summed E-state index contributed by atoms with van der Waals surface area (Å²) in [5.74, 6) is 0. The Morgan fingerprint density at radius 1 is 0.149 bits per heavy atom. The van der Waals surface area contributed by atoms with E-state index < -0.39 is 257 Å². The molecule has 30 aliphatic rings. The molecule has 6 aromatic carbocycles. The Morgan fingerprint density at radius 3 is 0.372 bits per heavy atom. The van der Waals surface area contributed by atoms with Gasteiger partial charge >= 0.3 is 0 Å². The smallest absolute Gasteiger partial charge is 0.187 e. The van der Waals surface area contributed by atoms with Gasteiger partial charge in [0, 0.05) is 156 Å². The van der Waals surface area contributed by atoms with E-state index in [0.717, 1.165) is 33.4 Å². The largest absolute Gasteiger partial charge is 0.382 e. The van der Waals surface area contributed by atoms with Crippen LogP contribution < -0.4 is 0 Å². The molecule has 0 radical (unpaired) electrons. The van der Waals surface area contributed by atoms with Crippen molar-refractivity contribution in [2.45, 2.75) is 257 Å². The Hall–Kier alpha value is -6.28. The predicted molar refractivity (Wildman–Crippen MR) is 523 cm³/mol. The first-order valence-corrected chi connectivity index (χ1v) is 49.9. The minimum absolute atomic E-state index is 0.105. The third kappa shape index (κ3) is 24.4. The van der Waals surface area contributed by atoms with Gasteiger partial charge < -0.3 is 189 Å². The second kappa shape index (κ2) is 55.9. The summed E-state index contributed by atoms with van der Waals surface area (Å²) in [4.78, 5) is 0. The molecule has 40 heteroatoms. The van der Waals surface area contributed by atoms with Gasteiger partial charge in [0.25, 0.3) is 0 Å². The lowest BCUT2D eigenvalue weighted by molar-refractivity contribution is -0.410. The Balaban J connectivity index is 0.843. The molecule has 0 saturated carbocycles. The molecule has 36 rings (SSSR count). The minimum atomic E-state index is -1.40. The molecular formula is C108H152O40. The third-order valence-electron chi connectivity index (χ3n) is 29.4. The molecule has 30 heterocycles. The van der Waals surface area contributed by atoms with E-state index in [1.54, 1.807) is 0 Å². The summed E-state index contributed by atoms with van der Waals surface area (Å²) in [5.41, 5.74) is 2.09. The monoisotopic (exact) mass is 2090 g/mol. The minimum Gasteiger partial charge on any atom is -0.382 e. The molecule has 30 aliphatic heterocycles. The molecular weight excluding hydrogens is 1940 g/mol. The topological polar surface area (TPSA) is 369 Å². The highest BCUT2D eigenvalue weighted by Gasteiger charge is 2.64. The van der Waals surface area contributed by atoms with E-state index in [0.29, 0.717) is 0 Å². The highest BCUT2D eigenvalue weighted by Crippen LogP contribution is 2.49. The molecule has 824 valence electrons. The van der Waals surface area contributed by atoms with Gasteiger partial charge in [-0.25, -0.2) is 0 Å². The zero-order chi connectivity index (χ0) is 105. The second-order valence-corrected chi connectivity index (χ2v) is 37.3. The number of methoxy groups -OCH3 is 22. The van der Waals surface area contributed by atoms with E-state index in [9.17, 15) is 0 Å². The summed E-state index contributed by atoms with van der Waals surface area (Å²) in [6, 6.07) is 59.4. The molecule has 30 fully saturated rings. The summed E-state index contributed by atoms with van der Waals surface area (Å²) in [6.45, 7) is -1.18. The molecule has 148 heavy (non-hydrogen) atoms. The van der Waals surface area contributed by atoms with E-state index in [1.807, 2.05) is 182 Å². The summed E-state index contributed by atoms with van der Waals surface area (Å²) in [5, 5.41) is 0. The van der Waals surface area contributed by atoms with Crippen molar-refractivity contribution in [1.29, 1.82) is 0 Å². The zero-order valence-electron chi connectivity index (χ0n) is 88.4. The first kappa shape index (κ1) is 116. The van der Waals surface area contributed by atoms with Crippen LogP contribution in [0.15, 0.2) is 182 Å². The molecule has 30 saturated heterocycles. The van der Waals surface area contributed by atoms with Gasteiger partial charge in [0.1, 0.15) is 207 Å². The van der Waals surface area contributed by atoms with Crippen LogP contribution in [0.4, 0.5) is 0 Å². The maximum atomic E-state index is 7.74. The summed E-state index contributed by atoms with van der Waals surface area (Å²) < 4.78 is 275. The molecule has 0 aromatic heterocycles. The van der Waals surface area contributed by atoms with Crippen molar-refractivity contribution in [3.8, 4) is 0 Å². The average Bonchev–Trinajstić information content (AvgIpc) is 0.762. The van der Waals surface area contributed by atoms with E-state index in [2.05, 4.69) is 0 Å². The van der Waals surface area contributed by atoms with Gasteiger partial charge in [-0.2, -0.15) is 0 Å². The number of hydrogen-bond donors (Lipinski definition) is 0. The van der Waals surface area contributed by atoms with Crippen molar-refractivity contribution < 1.29 is 189 Å². The molecule has 40 atom stereocenters. The van der Waals surface area contributed by atoms with Crippen LogP contribution in [0.2, 0.25) is 0 Å². The average molecular weight is 2090 g/mol. The van der Waals surface area contributed by atoms with Gasteiger partial charge in [0.15, 0.2) is 50.3 Å². The predicted octanol–water partition coefficient (Wildman–Crippen LogP) is 7.02. The molecule has 0 amide bonds. The van der Waals surface area contributed by atoms with Crippen LogP contribution in [0.1, 0.15) is 33.4 Å². The van der Waals surface area contributed by atoms with Crippen LogP contribution in [0.25, 0.3) is 0 Å². The molecule has 0 spiro atoms. The van der Waals surface area contributed by atoms with Crippen molar-refractivity contribution in [3.05, 3.63) is 215 Å². The van der Waals surface area contributed by atoms with E-state index >= 15 is 0 Å². The number of rotatable bonds is 40. The molecule has 6 aromatic rings. The van der Waals surface area contributed by atoms with Crippen molar-refractivity contribution in [2.24, 2.45) is 0 Å². The highest BCUT2D eigenvalue weighted by molar-refractivity contribution is 5.49. The molecule has 0 aliphatic carbocycles. The Morgan fingerprint density at radius 2 is 0.264 bits per heavy atom. The number of ether oxygens (including phenoxy) is 40. The maximum absolute atomic E-state index is 7.74. The summed E-state index contributed by atoms with van der Waals surface area (Å²) in [6.07, 6.45) is -46.6. The fourth-order valence-electron chi connectivity index (χ4n) is 22.6. The Labute approximate surface area is 866 Å². The molecule has 40 nitrogen and oxygen atoms in total. The normalized spacial score (nSPS) is 37.8. The van der Waals surface area contributed by atoms with Crippen LogP contribution in [0.5, 0.6) is 0 Å². The highest BCUT2D eigenvalue weighted by atomic mass is 16.8. The van der Waals surface area contributed by atoms with Crippen molar-refractivity contribution in [3.63, 3.8) is 0 Å². The van der Waals surface area contributed by atoms with Crippen LogP contribution in [-0.2, 0) is 201 Å². The van der Waals surface area contributed by atoms with E-state index in [1.165, 1.54) is 156 Å². The van der Waals surface area contributed by atoms with Crippen LogP contribution in [-0.4, -0.2) is 455 Å². The van der Waals surface area contributed by atoms with E-state index in [-0.39, 0.29) is 52.9 Å². The maximum Gasteiger partial charge on any atom is 0.187 e. The Kier molecular flexibility index (Phi) is 43.7. The van der Waals surface area contributed by atoms with Crippen LogP contribution >= 0.6 is 0 Å². The quantitative estimate of drug-likeness (QED) is 0.0349. The van der Waals surface area contributed by atoms with Gasteiger partial charge in [-0.3, -0.25) is 0 Å². The lowest BCUT2D eigenvalue weighted by Crippen LogP contribution is -2.70. The second-order valence-electron chi connectivity index (χ2n) is 37.3. The SMILES string of the molecule is COC[C@H]1O[C@@H]2O[C@H]3[C@H](OC)[C@@H](OC)[C@@H](O[C@H]4[C@H](OC)[C@@H](OC)[C@@H](O[C@H]5[C@H](OC)[C@@H](OC)[C@@H](O[C@H]6[C@H](OC)[C@@H](OC)[C@@H](O[C@H]7[C@H](OC)[C@H](OC)[C@@H](O[C@H]8[C@H](OC)[C@H](OC)[C@@H](O[C@H]9[C@H](OC)[C@@H](OC)[C@@H](O[C@H]1[C@H](OC)[C@@H]2OC)O[C@@H]9COC)O[C@@H]8COC(c1ccccc1)(c1ccccc1)c1ccccc1)O[C@@H]7COC)O[C@@H]6COC)O[C@@H]5COC)O[C@@H]4COC(c1ccccc1)(c1ccccc1)c1ccccc1)O[C@@H]3COC. The number of benzene rings is 6. The van der Waals surface area contributed by atoms with Gasteiger partial charge in [0.05, 0.1) is 52.9 Å². The molecule has 0 unspecified atom stereocenters. The fourth-order valence-corrected chi connectivity index (χ4v) is 22.6. The van der Waals surface area contributed by atoms with Crippen molar-refractivity contribution in [2.75, 3.05) is 209 Å². The first-order chi connectivity index (χ1) is 72.4. The molecule has 0 N–H and O–H groups in total. The van der Waals surface area contributed by atoms with Crippen molar-refractivity contribution in [1.82, 2.24) is 0 Å². The van der Waals surface area contributed by atoms with Gasteiger partial charge in [0.2, 0.25) is 0 Å². The summed E-state index contributed by atoms with van der Waals surface area (Å²) in [7, 11) is 33.4.